The number of rotatable bonds is 7. The number of aryl methyl sites for hydroxylation is 1. The first-order valence-electron chi connectivity index (χ1n) is 8.46. The summed E-state index contributed by atoms with van der Waals surface area (Å²) in [4.78, 5) is 4.36. The smallest absolute Gasteiger partial charge is 0.263 e. The predicted octanol–water partition coefficient (Wildman–Crippen LogP) is 3.95. The predicted molar refractivity (Wildman–Crippen MR) is 109 cm³/mol. The Hall–Kier alpha value is -3.26. The molecule has 0 saturated heterocycles. The van der Waals surface area contributed by atoms with Crippen LogP contribution in [-0.4, -0.2) is 27.6 Å². The van der Waals surface area contributed by atoms with E-state index in [1.165, 1.54) is 13.2 Å². The van der Waals surface area contributed by atoms with Crippen LogP contribution in [0.4, 0.5) is 17.2 Å². The zero-order valence-corrected chi connectivity index (χ0v) is 16.6. The molecule has 0 saturated carbocycles. The summed E-state index contributed by atoms with van der Waals surface area (Å²) in [6, 6.07) is 15.6. The van der Waals surface area contributed by atoms with Crippen molar-refractivity contribution < 1.29 is 17.9 Å². The molecule has 3 rings (SSSR count). The molecule has 0 radical (unpaired) electrons. The largest absolute Gasteiger partial charge is 0.497 e. The summed E-state index contributed by atoms with van der Waals surface area (Å²) in [6.45, 7) is 1.71. The van der Waals surface area contributed by atoms with Gasteiger partial charge in [0.05, 0.1) is 31.0 Å². The molecular weight excluding hydrogens is 378 g/mol. The van der Waals surface area contributed by atoms with Crippen LogP contribution in [0.5, 0.6) is 11.5 Å². The minimum Gasteiger partial charge on any atom is -0.497 e. The van der Waals surface area contributed by atoms with Crippen LogP contribution >= 0.6 is 0 Å². The van der Waals surface area contributed by atoms with Crippen LogP contribution in [0, 0.1) is 6.92 Å². The van der Waals surface area contributed by atoms with Crippen LogP contribution in [0.25, 0.3) is 0 Å². The first kappa shape index (κ1) is 19.5. The van der Waals surface area contributed by atoms with E-state index in [2.05, 4.69) is 15.0 Å². The minimum absolute atomic E-state index is 0.175. The molecule has 1 aromatic heterocycles. The number of nitrogens with zero attached hydrogens (tertiary/aromatic N) is 1. The molecule has 28 heavy (non-hydrogen) atoms. The Bertz CT molecular complexity index is 1070. The molecule has 0 atom stereocenters. The van der Waals surface area contributed by atoms with E-state index in [-0.39, 0.29) is 10.7 Å². The van der Waals surface area contributed by atoms with Crippen molar-refractivity contribution in [2.75, 3.05) is 24.3 Å². The molecule has 0 amide bonds. The molecule has 0 bridgehead atoms. The van der Waals surface area contributed by atoms with E-state index in [0.717, 1.165) is 17.1 Å². The lowest BCUT2D eigenvalue weighted by Gasteiger charge is -2.12. The Morgan fingerprint density at radius 2 is 1.64 bits per heavy atom. The Morgan fingerprint density at radius 3 is 2.29 bits per heavy atom. The van der Waals surface area contributed by atoms with Gasteiger partial charge >= 0.3 is 0 Å². The maximum Gasteiger partial charge on any atom is 0.263 e. The lowest BCUT2D eigenvalue weighted by molar-refractivity contribution is 0.414. The molecule has 7 nitrogen and oxygen atoms in total. The topological polar surface area (TPSA) is 89.6 Å². The lowest BCUT2D eigenvalue weighted by Crippen LogP contribution is -2.15. The van der Waals surface area contributed by atoms with Gasteiger partial charge in [-0.2, -0.15) is 0 Å². The number of aromatic nitrogens is 1. The second-order valence-electron chi connectivity index (χ2n) is 6.03. The Labute approximate surface area is 164 Å². The van der Waals surface area contributed by atoms with E-state index >= 15 is 0 Å². The third-order valence-electron chi connectivity index (χ3n) is 4.03. The number of ether oxygens (including phenoxy) is 2. The number of sulfonamides is 1. The molecule has 0 aliphatic heterocycles. The van der Waals surface area contributed by atoms with Crippen molar-refractivity contribution in [1.29, 1.82) is 0 Å². The summed E-state index contributed by atoms with van der Waals surface area (Å²) in [6.07, 6.45) is 1.55. The maximum absolute atomic E-state index is 12.6. The summed E-state index contributed by atoms with van der Waals surface area (Å²) in [5, 5.41) is 3.19. The van der Waals surface area contributed by atoms with Gasteiger partial charge in [0.1, 0.15) is 17.3 Å². The van der Waals surface area contributed by atoms with Crippen molar-refractivity contribution in [3.05, 3.63) is 66.4 Å². The highest BCUT2D eigenvalue weighted by Gasteiger charge is 2.18. The number of pyridine rings is 1. The second-order valence-corrected chi connectivity index (χ2v) is 7.68. The molecule has 0 aliphatic carbocycles. The van der Waals surface area contributed by atoms with Crippen LogP contribution in [-0.2, 0) is 10.0 Å². The number of hydrogen-bond acceptors (Lipinski definition) is 6. The number of nitrogens with one attached hydrogen (secondary N) is 2. The van der Waals surface area contributed by atoms with Gasteiger partial charge in [0.25, 0.3) is 10.0 Å². The highest BCUT2D eigenvalue weighted by Crippen LogP contribution is 2.24. The Morgan fingerprint density at radius 1 is 0.893 bits per heavy atom. The Balaban J connectivity index is 1.74. The van der Waals surface area contributed by atoms with Gasteiger partial charge in [-0.25, -0.2) is 13.4 Å². The highest BCUT2D eigenvalue weighted by atomic mass is 32.2. The molecule has 8 heteroatoms. The fourth-order valence-electron chi connectivity index (χ4n) is 2.64. The minimum atomic E-state index is -3.75. The van der Waals surface area contributed by atoms with Crippen LogP contribution in [0.2, 0.25) is 0 Å². The zero-order chi connectivity index (χ0) is 20.1. The van der Waals surface area contributed by atoms with Crippen LogP contribution in [0.1, 0.15) is 5.56 Å². The molecule has 2 aromatic carbocycles. The third kappa shape index (κ3) is 4.52. The van der Waals surface area contributed by atoms with E-state index in [0.29, 0.717) is 11.3 Å². The summed E-state index contributed by atoms with van der Waals surface area (Å²) < 4.78 is 38.1. The van der Waals surface area contributed by atoms with Crippen molar-refractivity contribution in [2.24, 2.45) is 0 Å². The van der Waals surface area contributed by atoms with E-state index in [1.807, 2.05) is 24.3 Å². The van der Waals surface area contributed by atoms with Gasteiger partial charge in [-0.1, -0.05) is 6.07 Å². The number of methoxy groups -OCH3 is 2. The van der Waals surface area contributed by atoms with Crippen LogP contribution in [0.15, 0.2) is 65.7 Å². The van der Waals surface area contributed by atoms with Crippen molar-refractivity contribution in [2.45, 2.75) is 11.8 Å². The van der Waals surface area contributed by atoms with Gasteiger partial charge in [0, 0.05) is 11.8 Å². The summed E-state index contributed by atoms with van der Waals surface area (Å²) >= 11 is 0. The van der Waals surface area contributed by atoms with Crippen molar-refractivity contribution in [1.82, 2.24) is 4.98 Å². The molecular formula is C20H21N3O4S. The van der Waals surface area contributed by atoms with E-state index in [1.54, 1.807) is 44.5 Å². The fraction of sp³-hybridized carbons (Fsp3) is 0.150. The quantitative estimate of drug-likeness (QED) is 0.625. The first-order chi connectivity index (χ1) is 13.4. The molecule has 0 fully saturated rings. The summed E-state index contributed by atoms with van der Waals surface area (Å²) in [7, 11) is -0.617. The summed E-state index contributed by atoms with van der Waals surface area (Å²) in [5.74, 6) is 1.56. The van der Waals surface area contributed by atoms with Gasteiger partial charge in [0.15, 0.2) is 0 Å². The van der Waals surface area contributed by atoms with E-state index < -0.39 is 10.0 Å². The third-order valence-corrected chi connectivity index (χ3v) is 5.55. The van der Waals surface area contributed by atoms with Crippen molar-refractivity contribution in [3.63, 3.8) is 0 Å². The van der Waals surface area contributed by atoms with Gasteiger partial charge < -0.3 is 14.8 Å². The molecule has 0 unspecified atom stereocenters. The van der Waals surface area contributed by atoms with Crippen molar-refractivity contribution >= 4 is 27.2 Å². The Kier molecular flexibility index (Phi) is 5.70. The van der Waals surface area contributed by atoms with Crippen molar-refractivity contribution in [3.8, 4) is 11.5 Å². The van der Waals surface area contributed by atoms with E-state index in [4.69, 9.17) is 9.47 Å². The average Bonchev–Trinajstić information content (AvgIpc) is 2.69. The monoisotopic (exact) mass is 399 g/mol. The van der Waals surface area contributed by atoms with Gasteiger partial charge in [0.2, 0.25) is 0 Å². The second kappa shape index (κ2) is 8.18. The maximum atomic E-state index is 12.6. The fourth-order valence-corrected chi connectivity index (χ4v) is 3.87. The van der Waals surface area contributed by atoms with Gasteiger partial charge in [-0.05, 0) is 55.0 Å². The standard InChI is InChI=1S/C20H21N3O4S/c1-14-11-18(27-3)8-9-19(14)28(24,25)23-20-10-7-16(13-21-20)22-15-5-4-6-17(12-15)26-2/h4-13,22H,1-3H3,(H,21,23). The molecule has 0 spiro atoms. The highest BCUT2D eigenvalue weighted by molar-refractivity contribution is 7.92. The number of hydrogen-bond donors (Lipinski definition) is 2. The van der Waals surface area contributed by atoms with E-state index in [9.17, 15) is 8.42 Å². The molecule has 3 aromatic rings. The molecule has 146 valence electrons. The molecule has 2 N–H and O–H groups in total. The lowest BCUT2D eigenvalue weighted by atomic mass is 10.2. The first-order valence-corrected chi connectivity index (χ1v) is 9.94. The normalized spacial score (nSPS) is 11.0. The summed E-state index contributed by atoms with van der Waals surface area (Å²) in [5.41, 5.74) is 2.14. The SMILES string of the molecule is COc1cccc(Nc2ccc(NS(=O)(=O)c3ccc(OC)cc3C)nc2)c1. The van der Waals surface area contributed by atoms with Gasteiger partial charge in [-0.3, -0.25) is 4.72 Å². The zero-order valence-electron chi connectivity index (χ0n) is 15.8. The average molecular weight is 399 g/mol. The molecule has 1 heterocycles. The van der Waals surface area contributed by atoms with Crippen LogP contribution in [0.3, 0.4) is 0 Å². The van der Waals surface area contributed by atoms with Crippen LogP contribution < -0.4 is 19.5 Å². The molecule has 0 aliphatic rings. The number of benzene rings is 2. The number of anilines is 3. The van der Waals surface area contributed by atoms with Gasteiger partial charge in [-0.15, -0.1) is 0 Å².